The Labute approximate surface area is 166 Å². The molecule has 1 amide bonds. The third kappa shape index (κ3) is 3.99. The fourth-order valence-electron chi connectivity index (χ4n) is 3.42. The van der Waals surface area contributed by atoms with Crippen molar-refractivity contribution >= 4 is 34.1 Å². The number of benzene rings is 1. The molecule has 0 unspecified atom stereocenters. The van der Waals surface area contributed by atoms with Crippen LogP contribution in [0.1, 0.15) is 0 Å². The Morgan fingerprint density at radius 2 is 2.03 bits per heavy atom. The van der Waals surface area contributed by atoms with Gasteiger partial charge in [-0.2, -0.15) is 5.10 Å². The van der Waals surface area contributed by atoms with Crippen molar-refractivity contribution in [1.82, 2.24) is 24.6 Å². The molecule has 1 saturated heterocycles. The number of piperazine rings is 1. The van der Waals surface area contributed by atoms with Crippen molar-refractivity contribution in [3.8, 4) is 0 Å². The first-order chi connectivity index (χ1) is 14.0. The summed E-state index contributed by atoms with van der Waals surface area (Å²) in [5.74, 6) is 0.652. The van der Waals surface area contributed by atoms with Crippen LogP contribution < -0.4 is 10.2 Å². The van der Waals surface area contributed by atoms with E-state index in [1.807, 2.05) is 11.9 Å². The molecule has 11 heteroatoms. The van der Waals surface area contributed by atoms with E-state index in [0.717, 1.165) is 29.9 Å². The minimum Gasteiger partial charge on any atom is -0.353 e. The van der Waals surface area contributed by atoms with Gasteiger partial charge < -0.3 is 10.2 Å². The Morgan fingerprint density at radius 3 is 2.79 bits per heavy atom. The van der Waals surface area contributed by atoms with E-state index in [-0.39, 0.29) is 18.1 Å². The Morgan fingerprint density at radius 1 is 1.24 bits per heavy atom. The number of non-ortho nitro benzene ring substituents is 1. The second-order valence-electron chi connectivity index (χ2n) is 6.82. The van der Waals surface area contributed by atoms with Crippen LogP contribution in [-0.4, -0.2) is 68.2 Å². The number of nitro benzene ring substituents is 1. The summed E-state index contributed by atoms with van der Waals surface area (Å²) < 4.78 is 1.72. The lowest BCUT2D eigenvalue weighted by atomic mass is 10.2. The molecule has 0 spiro atoms. The van der Waals surface area contributed by atoms with Gasteiger partial charge in [-0.15, -0.1) is 0 Å². The second kappa shape index (κ2) is 7.80. The summed E-state index contributed by atoms with van der Waals surface area (Å²) >= 11 is 0. The fourth-order valence-corrected chi connectivity index (χ4v) is 3.42. The number of rotatable bonds is 5. The first kappa shape index (κ1) is 18.7. The molecule has 0 aliphatic carbocycles. The molecule has 1 N–H and O–H groups in total. The molecule has 29 heavy (non-hydrogen) atoms. The van der Waals surface area contributed by atoms with Gasteiger partial charge in [0.05, 0.1) is 23.1 Å². The summed E-state index contributed by atoms with van der Waals surface area (Å²) in [6.07, 6.45) is 3.31. The van der Waals surface area contributed by atoms with Gasteiger partial charge in [0, 0.05) is 51.0 Å². The summed E-state index contributed by atoms with van der Waals surface area (Å²) in [6, 6.07) is 5.93. The van der Waals surface area contributed by atoms with Gasteiger partial charge in [-0.3, -0.25) is 24.5 Å². The van der Waals surface area contributed by atoms with E-state index in [0.29, 0.717) is 18.8 Å². The van der Waals surface area contributed by atoms with Crippen molar-refractivity contribution in [2.75, 3.05) is 42.9 Å². The molecule has 1 aliphatic rings. The average molecular weight is 396 g/mol. The van der Waals surface area contributed by atoms with Crippen molar-refractivity contribution in [2.24, 2.45) is 7.05 Å². The number of nitro groups is 1. The Bertz CT molecular complexity index is 1060. The van der Waals surface area contributed by atoms with E-state index in [2.05, 4.69) is 25.3 Å². The van der Waals surface area contributed by atoms with Crippen molar-refractivity contribution in [2.45, 2.75) is 0 Å². The number of fused-ring (bicyclic) bond motifs is 1. The summed E-state index contributed by atoms with van der Waals surface area (Å²) in [5, 5.41) is 18.7. The van der Waals surface area contributed by atoms with Crippen LogP contribution >= 0.6 is 0 Å². The molecule has 0 radical (unpaired) electrons. The smallest absolute Gasteiger partial charge is 0.271 e. The average Bonchev–Trinajstić information content (AvgIpc) is 3.10. The molecule has 11 nitrogen and oxygen atoms in total. The summed E-state index contributed by atoms with van der Waals surface area (Å²) in [7, 11) is 1.84. The number of carbonyl (C=O) groups is 1. The van der Waals surface area contributed by atoms with E-state index in [4.69, 9.17) is 0 Å². The monoisotopic (exact) mass is 396 g/mol. The van der Waals surface area contributed by atoms with E-state index < -0.39 is 4.92 Å². The van der Waals surface area contributed by atoms with Crippen molar-refractivity contribution < 1.29 is 9.72 Å². The minimum absolute atomic E-state index is 0.0528. The summed E-state index contributed by atoms with van der Waals surface area (Å²) in [5.41, 5.74) is 1.15. The molecule has 0 bridgehead atoms. The zero-order chi connectivity index (χ0) is 20.4. The molecular weight excluding hydrogens is 376 g/mol. The molecule has 1 aromatic carbocycles. The van der Waals surface area contributed by atoms with Gasteiger partial charge in [-0.25, -0.2) is 9.97 Å². The number of nitrogens with zero attached hydrogens (tertiary/aromatic N) is 7. The molecule has 1 aliphatic heterocycles. The van der Waals surface area contributed by atoms with Crippen molar-refractivity contribution in [1.29, 1.82) is 0 Å². The Balaban J connectivity index is 1.34. The number of anilines is 2. The van der Waals surface area contributed by atoms with Crippen LogP contribution in [0.4, 0.5) is 17.2 Å². The highest BCUT2D eigenvalue weighted by Crippen LogP contribution is 2.23. The molecular formula is C18H20N8O3. The van der Waals surface area contributed by atoms with Crippen LogP contribution in [-0.2, 0) is 11.8 Å². The van der Waals surface area contributed by atoms with Gasteiger partial charge in [-0.05, 0) is 6.07 Å². The van der Waals surface area contributed by atoms with Gasteiger partial charge in [-0.1, -0.05) is 6.07 Å². The topological polar surface area (TPSA) is 122 Å². The van der Waals surface area contributed by atoms with Gasteiger partial charge in [0.15, 0.2) is 5.65 Å². The number of carbonyl (C=O) groups excluding carboxylic acids is 1. The number of amides is 1. The minimum atomic E-state index is -0.485. The molecule has 2 aromatic heterocycles. The number of aromatic nitrogens is 4. The highest BCUT2D eigenvalue weighted by atomic mass is 16.6. The lowest BCUT2D eigenvalue weighted by Crippen LogP contribution is -2.49. The molecule has 0 atom stereocenters. The fraction of sp³-hybridized carbons (Fsp3) is 0.333. The zero-order valence-corrected chi connectivity index (χ0v) is 15.9. The number of aryl methyl sites for hydroxylation is 1. The normalized spacial score (nSPS) is 14.9. The zero-order valence-electron chi connectivity index (χ0n) is 15.9. The third-order valence-corrected chi connectivity index (χ3v) is 4.89. The molecule has 150 valence electrons. The molecule has 3 heterocycles. The molecule has 4 rings (SSSR count). The van der Waals surface area contributed by atoms with E-state index in [1.54, 1.807) is 23.0 Å². The van der Waals surface area contributed by atoms with E-state index in [1.165, 1.54) is 18.5 Å². The standard InChI is InChI=1S/C18H20N8O3/c1-23-17-15(10-21-23)18(20-12-19-17)25-7-5-24(6-8-25)11-16(27)22-13-3-2-4-14(9-13)26(28)29/h2-4,9-10,12H,5-8,11H2,1H3,(H,22,27). The number of hydrogen-bond acceptors (Lipinski definition) is 8. The SMILES string of the molecule is Cn1ncc2c(N3CCN(CC(=O)Nc4cccc([N+](=O)[O-])c4)CC3)ncnc21. The highest BCUT2D eigenvalue weighted by molar-refractivity contribution is 5.92. The van der Waals surface area contributed by atoms with E-state index >= 15 is 0 Å². The third-order valence-electron chi connectivity index (χ3n) is 4.89. The predicted molar refractivity (Wildman–Crippen MR) is 107 cm³/mol. The molecule has 0 saturated carbocycles. The lowest BCUT2D eigenvalue weighted by Gasteiger charge is -2.35. The van der Waals surface area contributed by atoms with Gasteiger partial charge >= 0.3 is 0 Å². The van der Waals surface area contributed by atoms with E-state index in [9.17, 15) is 14.9 Å². The highest BCUT2D eigenvalue weighted by Gasteiger charge is 2.22. The maximum absolute atomic E-state index is 12.3. The Hall–Kier alpha value is -3.60. The van der Waals surface area contributed by atoms with Crippen molar-refractivity contribution in [3.63, 3.8) is 0 Å². The van der Waals surface area contributed by atoms with Crippen molar-refractivity contribution in [3.05, 3.63) is 46.9 Å². The summed E-state index contributed by atoms with van der Waals surface area (Å²) in [4.78, 5) is 35.6. The molecule has 3 aromatic rings. The molecule has 1 fully saturated rings. The number of nitrogens with one attached hydrogen (secondary N) is 1. The van der Waals surface area contributed by atoms with Crippen LogP contribution in [0.5, 0.6) is 0 Å². The van der Waals surface area contributed by atoms with Crippen LogP contribution in [0, 0.1) is 10.1 Å². The number of hydrogen-bond donors (Lipinski definition) is 1. The lowest BCUT2D eigenvalue weighted by molar-refractivity contribution is -0.384. The Kier molecular flexibility index (Phi) is 5.04. The first-order valence-corrected chi connectivity index (χ1v) is 9.15. The quantitative estimate of drug-likeness (QED) is 0.501. The largest absolute Gasteiger partial charge is 0.353 e. The maximum Gasteiger partial charge on any atom is 0.271 e. The van der Waals surface area contributed by atoms with Crippen LogP contribution in [0.3, 0.4) is 0 Å². The van der Waals surface area contributed by atoms with Crippen LogP contribution in [0.15, 0.2) is 36.8 Å². The van der Waals surface area contributed by atoms with Gasteiger partial charge in [0.2, 0.25) is 5.91 Å². The van der Waals surface area contributed by atoms with Crippen LogP contribution in [0.2, 0.25) is 0 Å². The van der Waals surface area contributed by atoms with Gasteiger partial charge in [0.1, 0.15) is 12.1 Å². The maximum atomic E-state index is 12.3. The summed E-state index contributed by atoms with van der Waals surface area (Å²) in [6.45, 7) is 3.08. The van der Waals surface area contributed by atoms with Gasteiger partial charge in [0.25, 0.3) is 5.69 Å². The van der Waals surface area contributed by atoms with Crippen LogP contribution in [0.25, 0.3) is 11.0 Å². The predicted octanol–water partition coefficient (Wildman–Crippen LogP) is 1.03. The first-order valence-electron chi connectivity index (χ1n) is 9.15. The second-order valence-corrected chi connectivity index (χ2v) is 6.82.